The number of hydrazone groups is 2. The lowest BCUT2D eigenvalue weighted by Crippen LogP contribution is -2.24. The molecule has 6 heteroatoms. The summed E-state index contributed by atoms with van der Waals surface area (Å²) < 4.78 is 0. The predicted molar refractivity (Wildman–Crippen MR) is 122 cm³/mol. The number of hydrogen-bond acceptors (Lipinski definition) is 4. The fourth-order valence-corrected chi connectivity index (χ4v) is 4.21. The Bertz CT molecular complexity index is 944. The largest absolute Gasteiger partial charge is 0.273 e. The van der Waals surface area contributed by atoms with Crippen molar-refractivity contribution in [2.24, 2.45) is 10.2 Å². The number of benzene rings is 2. The second-order valence-electron chi connectivity index (χ2n) is 8.06. The molecule has 0 unspecified atom stereocenters. The van der Waals surface area contributed by atoms with Crippen LogP contribution < -0.4 is 10.9 Å². The molecule has 2 amide bonds. The normalized spacial score (nSPS) is 17.7. The average Bonchev–Trinajstić information content (AvgIpc) is 2.81. The van der Waals surface area contributed by atoms with E-state index >= 15 is 0 Å². The summed E-state index contributed by atoms with van der Waals surface area (Å²) in [5.41, 5.74) is 12.0. The minimum absolute atomic E-state index is 0.170. The fourth-order valence-electron chi connectivity index (χ4n) is 4.21. The SMILES string of the molecule is O=C(CCCC(=O)N/N=C1\CCCc2ccccc21)N/N=C1/CCCc2ccccc21. The summed E-state index contributed by atoms with van der Waals surface area (Å²) in [6.45, 7) is 0. The van der Waals surface area contributed by atoms with Crippen molar-refractivity contribution in [3.63, 3.8) is 0 Å². The van der Waals surface area contributed by atoms with Gasteiger partial charge in [-0.1, -0.05) is 48.5 Å². The number of nitrogens with one attached hydrogen (secondary N) is 2. The maximum Gasteiger partial charge on any atom is 0.240 e. The van der Waals surface area contributed by atoms with E-state index in [4.69, 9.17) is 0 Å². The van der Waals surface area contributed by atoms with Gasteiger partial charge in [-0.25, -0.2) is 10.9 Å². The van der Waals surface area contributed by atoms with Crippen molar-refractivity contribution >= 4 is 23.2 Å². The van der Waals surface area contributed by atoms with Crippen molar-refractivity contribution in [1.82, 2.24) is 10.9 Å². The highest BCUT2D eigenvalue weighted by Gasteiger charge is 2.16. The van der Waals surface area contributed by atoms with E-state index < -0.39 is 0 Å². The first kappa shape index (κ1) is 21.0. The summed E-state index contributed by atoms with van der Waals surface area (Å²) in [6, 6.07) is 16.4. The third-order valence-electron chi connectivity index (χ3n) is 5.81. The standard InChI is InChI=1S/C25H28N4O2/c30-24(28-26-22-14-5-10-18-8-1-3-12-20(18)22)16-7-17-25(31)29-27-23-15-6-11-19-9-2-4-13-21(19)23/h1-4,8-9,12-13H,5-7,10-11,14-17H2,(H,28,30)(H,29,31)/b26-22-,27-23+. The van der Waals surface area contributed by atoms with E-state index in [0.717, 1.165) is 61.1 Å². The van der Waals surface area contributed by atoms with E-state index in [9.17, 15) is 9.59 Å². The molecule has 0 heterocycles. The molecular formula is C25H28N4O2. The molecule has 0 saturated heterocycles. The minimum atomic E-state index is -0.170. The molecule has 4 rings (SSSR count). The lowest BCUT2D eigenvalue weighted by Gasteiger charge is -2.17. The highest BCUT2D eigenvalue weighted by molar-refractivity contribution is 6.03. The predicted octanol–water partition coefficient (Wildman–Crippen LogP) is 3.87. The summed E-state index contributed by atoms with van der Waals surface area (Å²) in [6.07, 6.45) is 6.88. The quantitative estimate of drug-likeness (QED) is 0.701. The lowest BCUT2D eigenvalue weighted by molar-refractivity contribution is -0.122. The van der Waals surface area contributed by atoms with Gasteiger partial charge < -0.3 is 0 Å². The Labute approximate surface area is 182 Å². The van der Waals surface area contributed by atoms with Crippen LogP contribution in [0.2, 0.25) is 0 Å². The molecule has 2 aliphatic carbocycles. The zero-order chi connectivity index (χ0) is 21.5. The first-order chi connectivity index (χ1) is 15.2. The summed E-state index contributed by atoms with van der Waals surface area (Å²) in [5.74, 6) is -0.341. The smallest absolute Gasteiger partial charge is 0.240 e. The number of fused-ring (bicyclic) bond motifs is 2. The number of amides is 2. The van der Waals surface area contributed by atoms with Gasteiger partial charge in [0.15, 0.2) is 0 Å². The van der Waals surface area contributed by atoms with Crippen molar-refractivity contribution < 1.29 is 9.59 Å². The summed E-state index contributed by atoms with van der Waals surface area (Å²) in [5, 5.41) is 8.67. The highest BCUT2D eigenvalue weighted by Crippen LogP contribution is 2.22. The van der Waals surface area contributed by atoms with Gasteiger partial charge in [-0.2, -0.15) is 10.2 Å². The van der Waals surface area contributed by atoms with Crippen molar-refractivity contribution in [2.45, 2.75) is 57.8 Å². The topological polar surface area (TPSA) is 82.9 Å². The molecule has 0 bridgehead atoms. The fraction of sp³-hybridized carbons (Fsp3) is 0.360. The Morgan fingerprint density at radius 2 is 1.13 bits per heavy atom. The molecule has 0 aromatic heterocycles. The zero-order valence-electron chi connectivity index (χ0n) is 17.7. The molecule has 0 radical (unpaired) electrons. The lowest BCUT2D eigenvalue weighted by atomic mass is 9.90. The number of hydrogen-bond donors (Lipinski definition) is 2. The summed E-state index contributed by atoms with van der Waals surface area (Å²) in [4.78, 5) is 24.3. The molecule has 2 aromatic rings. The van der Waals surface area contributed by atoms with E-state index in [-0.39, 0.29) is 24.7 Å². The molecule has 2 aliphatic rings. The summed E-state index contributed by atoms with van der Waals surface area (Å²) in [7, 11) is 0. The van der Waals surface area contributed by atoms with Gasteiger partial charge in [0.1, 0.15) is 0 Å². The monoisotopic (exact) mass is 416 g/mol. The molecule has 31 heavy (non-hydrogen) atoms. The van der Waals surface area contributed by atoms with Crippen LogP contribution in [0.15, 0.2) is 58.7 Å². The number of rotatable bonds is 6. The maximum atomic E-state index is 12.1. The Hall–Kier alpha value is -3.28. The Morgan fingerprint density at radius 1 is 0.677 bits per heavy atom. The van der Waals surface area contributed by atoms with Crippen LogP contribution in [-0.4, -0.2) is 23.2 Å². The molecular weight excluding hydrogens is 388 g/mol. The van der Waals surface area contributed by atoms with Crippen LogP contribution in [0.4, 0.5) is 0 Å². The van der Waals surface area contributed by atoms with Gasteiger partial charge in [0.25, 0.3) is 0 Å². The first-order valence-corrected chi connectivity index (χ1v) is 11.1. The van der Waals surface area contributed by atoms with E-state index in [1.165, 1.54) is 11.1 Å². The molecule has 2 N–H and O–H groups in total. The Kier molecular flexibility index (Phi) is 6.87. The van der Waals surface area contributed by atoms with Crippen LogP contribution in [0.3, 0.4) is 0 Å². The molecule has 0 spiro atoms. The zero-order valence-corrected chi connectivity index (χ0v) is 17.7. The molecule has 6 nitrogen and oxygen atoms in total. The number of carbonyl (C=O) groups is 2. The molecule has 0 aliphatic heterocycles. The van der Waals surface area contributed by atoms with Crippen LogP contribution in [0, 0.1) is 0 Å². The third-order valence-corrected chi connectivity index (χ3v) is 5.81. The summed E-state index contributed by atoms with van der Waals surface area (Å²) >= 11 is 0. The number of aryl methyl sites for hydroxylation is 2. The second-order valence-corrected chi connectivity index (χ2v) is 8.06. The average molecular weight is 417 g/mol. The van der Waals surface area contributed by atoms with E-state index in [1.807, 2.05) is 24.3 Å². The van der Waals surface area contributed by atoms with Gasteiger partial charge in [0.05, 0.1) is 11.4 Å². The van der Waals surface area contributed by atoms with Gasteiger partial charge in [0.2, 0.25) is 11.8 Å². The van der Waals surface area contributed by atoms with E-state index in [2.05, 4.69) is 45.3 Å². The number of nitrogens with zero attached hydrogens (tertiary/aromatic N) is 2. The van der Waals surface area contributed by atoms with Gasteiger partial charge in [-0.05, 0) is 56.1 Å². The van der Waals surface area contributed by atoms with Crippen LogP contribution in [0.5, 0.6) is 0 Å². The molecule has 2 aromatic carbocycles. The van der Waals surface area contributed by atoms with Crippen molar-refractivity contribution in [3.05, 3.63) is 70.8 Å². The van der Waals surface area contributed by atoms with E-state index in [1.54, 1.807) is 0 Å². The van der Waals surface area contributed by atoms with Crippen LogP contribution >= 0.6 is 0 Å². The van der Waals surface area contributed by atoms with Gasteiger partial charge in [-0.3, -0.25) is 9.59 Å². The minimum Gasteiger partial charge on any atom is -0.273 e. The van der Waals surface area contributed by atoms with Gasteiger partial charge >= 0.3 is 0 Å². The molecule has 160 valence electrons. The Morgan fingerprint density at radius 3 is 1.61 bits per heavy atom. The van der Waals surface area contributed by atoms with Crippen LogP contribution in [0.1, 0.15) is 67.2 Å². The molecule has 0 atom stereocenters. The second kappa shape index (κ2) is 10.2. The van der Waals surface area contributed by atoms with Gasteiger partial charge in [0, 0.05) is 24.0 Å². The molecule has 0 fully saturated rings. The van der Waals surface area contributed by atoms with Crippen molar-refractivity contribution in [3.8, 4) is 0 Å². The third kappa shape index (κ3) is 5.45. The van der Waals surface area contributed by atoms with Crippen LogP contribution in [0.25, 0.3) is 0 Å². The number of carbonyl (C=O) groups excluding carboxylic acids is 2. The highest BCUT2D eigenvalue weighted by atomic mass is 16.2. The molecule has 0 saturated carbocycles. The van der Waals surface area contributed by atoms with Crippen molar-refractivity contribution in [1.29, 1.82) is 0 Å². The van der Waals surface area contributed by atoms with Gasteiger partial charge in [-0.15, -0.1) is 0 Å². The van der Waals surface area contributed by atoms with E-state index in [0.29, 0.717) is 6.42 Å². The maximum absolute atomic E-state index is 12.1. The van der Waals surface area contributed by atoms with Crippen molar-refractivity contribution in [2.75, 3.05) is 0 Å². The van der Waals surface area contributed by atoms with Crippen LogP contribution in [-0.2, 0) is 22.4 Å². The Balaban J connectivity index is 1.22. The first-order valence-electron chi connectivity index (χ1n) is 11.1.